The van der Waals surface area contributed by atoms with E-state index in [2.05, 4.69) is 30.3 Å². The van der Waals surface area contributed by atoms with Gasteiger partial charge in [-0.15, -0.1) is 0 Å². The van der Waals surface area contributed by atoms with Crippen molar-refractivity contribution in [1.82, 2.24) is 24.3 Å². The van der Waals surface area contributed by atoms with Crippen LogP contribution in [0.1, 0.15) is 15.9 Å². The van der Waals surface area contributed by atoms with Crippen LogP contribution in [0, 0.1) is 5.82 Å². The third-order valence-electron chi connectivity index (χ3n) is 4.93. The summed E-state index contributed by atoms with van der Waals surface area (Å²) in [5.74, 6) is -0.370. The van der Waals surface area contributed by atoms with Crippen molar-refractivity contribution in [3.05, 3.63) is 78.3 Å². The fourth-order valence-electron chi connectivity index (χ4n) is 3.25. The van der Waals surface area contributed by atoms with Crippen molar-refractivity contribution < 1.29 is 13.9 Å². The summed E-state index contributed by atoms with van der Waals surface area (Å²) in [6.45, 7) is 1.50. The van der Waals surface area contributed by atoms with E-state index in [1.165, 1.54) is 19.4 Å². The number of rotatable bonds is 10. The molecule has 0 saturated heterocycles. The molecular formula is C22H23FN8O2. The van der Waals surface area contributed by atoms with Crippen molar-refractivity contribution in [3.63, 3.8) is 0 Å². The van der Waals surface area contributed by atoms with Crippen LogP contribution in [-0.4, -0.2) is 37.3 Å². The van der Waals surface area contributed by atoms with Crippen molar-refractivity contribution >= 4 is 23.4 Å². The number of carbonyl (C=O) groups is 1. The molecule has 3 aromatic heterocycles. The lowest BCUT2D eigenvalue weighted by molar-refractivity contribution is 0.100. The average Bonchev–Trinajstić information content (AvgIpc) is 3.48. The molecule has 0 bridgehead atoms. The third-order valence-corrected chi connectivity index (χ3v) is 4.93. The van der Waals surface area contributed by atoms with Gasteiger partial charge < -0.3 is 25.7 Å². The van der Waals surface area contributed by atoms with Crippen molar-refractivity contribution in [2.45, 2.75) is 19.6 Å². The Bertz CT molecular complexity index is 1240. The Labute approximate surface area is 189 Å². The zero-order valence-corrected chi connectivity index (χ0v) is 17.9. The van der Waals surface area contributed by atoms with E-state index in [0.29, 0.717) is 23.5 Å². The average molecular weight is 450 g/mol. The molecule has 0 aliphatic rings. The number of aryl methyl sites for hydroxylation is 2. The molecule has 4 rings (SSSR count). The van der Waals surface area contributed by atoms with Crippen molar-refractivity contribution in [1.29, 1.82) is 0 Å². The first kappa shape index (κ1) is 21.8. The van der Waals surface area contributed by atoms with Crippen LogP contribution in [0.4, 0.5) is 21.8 Å². The molecule has 3 heterocycles. The van der Waals surface area contributed by atoms with Gasteiger partial charge in [-0.1, -0.05) is 6.07 Å². The predicted octanol–water partition coefficient (Wildman–Crippen LogP) is 2.78. The maximum Gasteiger partial charge on any atom is 0.254 e. The summed E-state index contributed by atoms with van der Waals surface area (Å²) in [5.41, 5.74) is 6.51. The van der Waals surface area contributed by atoms with Crippen molar-refractivity contribution in [2.75, 3.05) is 17.7 Å². The molecule has 11 heteroatoms. The van der Waals surface area contributed by atoms with Crippen LogP contribution in [0.15, 0.2) is 61.3 Å². The van der Waals surface area contributed by atoms with E-state index in [-0.39, 0.29) is 23.9 Å². The fourth-order valence-corrected chi connectivity index (χ4v) is 3.25. The Hall–Kier alpha value is -4.41. The second kappa shape index (κ2) is 9.81. The van der Waals surface area contributed by atoms with E-state index in [1.807, 2.05) is 30.7 Å². The van der Waals surface area contributed by atoms with Gasteiger partial charge in [0.25, 0.3) is 5.91 Å². The summed E-state index contributed by atoms with van der Waals surface area (Å²) in [5, 5.41) is 10.3. The second-order valence-electron chi connectivity index (χ2n) is 7.13. The van der Waals surface area contributed by atoms with E-state index >= 15 is 0 Å². The number of amides is 1. The van der Waals surface area contributed by atoms with Crippen molar-refractivity contribution in [3.8, 4) is 5.75 Å². The van der Waals surface area contributed by atoms with Crippen LogP contribution in [-0.2, 0) is 19.6 Å². The van der Waals surface area contributed by atoms with Gasteiger partial charge in [-0.05, 0) is 24.3 Å². The van der Waals surface area contributed by atoms with E-state index in [1.54, 1.807) is 23.0 Å². The number of methoxy groups -OCH3 is 1. The van der Waals surface area contributed by atoms with Crippen LogP contribution in [0.2, 0.25) is 0 Å². The second-order valence-corrected chi connectivity index (χ2v) is 7.13. The largest absolute Gasteiger partial charge is 0.496 e. The summed E-state index contributed by atoms with van der Waals surface area (Å²) < 4.78 is 23.3. The summed E-state index contributed by atoms with van der Waals surface area (Å²) in [6, 6.07) is 8.47. The molecule has 0 unspecified atom stereocenters. The van der Waals surface area contributed by atoms with Crippen LogP contribution < -0.4 is 21.1 Å². The Balaban J connectivity index is 1.48. The number of hydrogen-bond acceptors (Lipinski definition) is 7. The lowest BCUT2D eigenvalue weighted by atomic mass is 10.2. The third kappa shape index (κ3) is 5.26. The zero-order chi connectivity index (χ0) is 23.2. The highest BCUT2D eigenvalue weighted by Gasteiger charge is 2.15. The Kier molecular flexibility index (Phi) is 6.48. The molecule has 33 heavy (non-hydrogen) atoms. The predicted molar refractivity (Wildman–Crippen MR) is 121 cm³/mol. The van der Waals surface area contributed by atoms with Crippen molar-refractivity contribution in [2.24, 2.45) is 5.73 Å². The number of halogens is 1. The number of hydrogen-bond donors (Lipinski definition) is 3. The number of anilines is 3. The van der Waals surface area contributed by atoms with Gasteiger partial charge in [-0.3, -0.25) is 9.48 Å². The van der Waals surface area contributed by atoms with Crippen LogP contribution in [0.3, 0.4) is 0 Å². The van der Waals surface area contributed by atoms with Gasteiger partial charge >= 0.3 is 0 Å². The maximum absolute atomic E-state index is 14.3. The first-order valence-corrected chi connectivity index (χ1v) is 10.2. The normalized spacial score (nSPS) is 10.7. The number of benzene rings is 1. The maximum atomic E-state index is 14.3. The summed E-state index contributed by atoms with van der Waals surface area (Å²) in [6.07, 6.45) is 8.77. The summed E-state index contributed by atoms with van der Waals surface area (Å²) in [7, 11) is 1.46. The minimum absolute atomic E-state index is 0.0317. The first-order chi connectivity index (χ1) is 16.0. The minimum Gasteiger partial charge on any atom is -0.496 e. The fraction of sp³-hybridized carbons (Fsp3) is 0.182. The highest BCUT2D eigenvalue weighted by molar-refractivity contribution is 5.97. The number of carbonyl (C=O) groups excluding carboxylic acids is 1. The number of primary amides is 1. The number of nitrogens with zero attached hydrogens (tertiary/aromatic N) is 5. The van der Waals surface area contributed by atoms with Gasteiger partial charge in [0.2, 0.25) is 5.95 Å². The smallest absolute Gasteiger partial charge is 0.254 e. The zero-order valence-electron chi connectivity index (χ0n) is 17.9. The molecule has 4 aromatic rings. The van der Waals surface area contributed by atoms with Gasteiger partial charge in [0.15, 0.2) is 0 Å². The topological polar surface area (TPSA) is 125 Å². The monoisotopic (exact) mass is 450 g/mol. The molecule has 0 radical (unpaired) electrons. The molecule has 0 saturated carbocycles. The van der Waals surface area contributed by atoms with Gasteiger partial charge in [-0.25, -0.2) is 9.37 Å². The lowest BCUT2D eigenvalue weighted by Gasteiger charge is -2.13. The molecule has 1 amide bonds. The van der Waals surface area contributed by atoms with E-state index in [0.717, 1.165) is 6.54 Å². The number of aromatic nitrogens is 5. The molecule has 0 aliphatic carbocycles. The van der Waals surface area contributed by atoms with E-state index < -0.39 is 11.7 Å². The van der Waals surface area contributed by atoms with Gasteiger partial charge in [0.05, 0.1) is 31.1 Å². The number of nitrogens with one attached hydrogen (secondary N) is 2. The molecule has 0 spiro atoms. The highest BCUT2D eigenvalue weighted by atomic mass is 19.1. The van der Waals surface area contributed by atoms with Gasteiger partial charge in [0.1, 0.15) is 17.4 Å². The Morgan fingerprint density at radius 3 is 2.76 bits per heavy atom. The Morgan fingerprint density at radius 2 is 2.00 bits per heavy atom. The van der Waals surface area contributed by atoms with Gasteiger partial charge in [0, 0.05) is 43.4 Å². The summed E-state index contributed by atoms with van der Waals surface area (Å²) >= 11 is 0. The first-order valence-electron chi connectivity index (χ1n) is 10.2. The molecule has 4 N–H and O–H groups in total. The molecule has 0 fully saturated rings. The van der Waals surface area contributed by atoms with Crippen LogP contribution >= 0.6 is 0 Å². The van der Waals surface area contributed by atoms with Gasteiger partial charge in [-0.2, -0.15) is 10.1 Å². The van der Waals surface area contributed by atoms with Crippen LogP contribution in [0.5, 0.6) is 5.75 Å². The van der Waals surface area contributed by atoms with E-state index in [9.17, 15) is 9.18 Å². The molecule has 1 aromatic carbocycles. The summed E-state index contributed by atoms with van der Waals surface area (Å²) in [4.78, 5) is 20.3. The standard InChI is InChI=1S/C22H23FN8O2/c1-33-19-6-4-5-18(23)16(19)12-25-21-17(20(24)32)13-26-22(29-21)28-15-11-27-31(14-15)10-9-30-7-2-3-8-30/h2-8,11,13-14H,9-10,12H2,1H3,(H2,24,32)(H2,25,26,28,29). The molecule has 0 aliphatic heterocycles. The van der Waals surface area contributed by atoms with E-state index in [4.69, 9.17) is 10.5 Å². The van der Waals surface area contributed by atoms with Crippen LogP contribution in [0.25, 0.3) is 0 Å². The molecular weight excluding hydrogens is 427 g/mol. The lowest BCUT2D eigenvalue weighted by Crippen LogP contribution is -2.17. The SMILES string of the molecule is COc1cccc(F)c1CNc1nc(Nc2cnn(CCn3cccc3)c2)ncc1C(N)=O. The Morgan fingerprint density at radius 1 is 1.18 bits per heavy atom. The number of nitrogens with two attached hydrogens (primary N) is 1. The quantitative estimate of drug-likeness (QED) is 0.339. The minimum atomic E-state index is -0.706. The molecule has 170 valence electrons. The molecule has 0 atom stereocenters. The molecule has 10 nitrogen and oxygen atoms in total. The highest BCUT2D eigenvalue weighted by Crippen LogP contribution is 2.23. The number of ether oxygens (including phenoxy) is 1.